The molecule has 0 unspecified atom stereocenters. The molecule has 0 atom stereocenters. The molecule has 0 aliphatic rings. The van der Waals surface area contributed by atoms with Crippen LogP contribution in [0, 0.1) is 0 Å². The van der Waals surface area contributed by atoms with E-state index in [2.05, 4.69) is 46.9 Å². The van der Waals surface area contributed by atoms with Crippen molar-refractivity contribution in [3.05, 3.63) is 22.4 Å². The quantitative estimate of drug-likeness (QED) is 0.796. The molecule has 0 saturated heterocycles. The van der Waals surface area contributed by atoms with Crippen LogP contribution in [0.4, 0.5) is 0 Å². The van der Waals surface area contributed by atoms with E-state index >= 15 is 0 Å². The Hall–Kier alpha value is -0.810. The van der Waals surface area contributed by atoms with Crippen LogP contribution >= 0.6 is 15.9 Å². The number of amides is 1. The van der Waals surface area contributed by atoms with E-state index in [1.165, 1.54) is 0 Å². The number of nitrogens with one attached hydrogen (secondary N) is 1. The minimum atomic E-state index is 0.00584. The molecule has 0 radical (unpaired) electrons. The Morgan fingerprint density at radius 3 is 2.63 bits per heavy atom. The number of rotatable bonds is 8. The molecule has 108 valence electrons. The van der Waals surface area contributed by atoms with E-state index in [0.717, 1.165) is 42.8 Å². The van der Waals surface area contributed by atoms with Crippen LogP contribution in [0.25, 0.3) is 0 Å². The maximum Gasteiger partial charge on any atom is 0.267 e. The summed E-state index contributed by atoms with van der Waals surface area (Å²) in [6.45, 7) is 10.9. The summed E-state index contributed by atoms with van der Waals surface area (Å²) in [5, 5.41) is 2.99. The molecule has 0 spiro atoms. The molecule has 0 bridgehead atoms. The minimum absolute atomic E-state index is 0.00584. The van der Waals surface area contributed by atoms with Gasteiger partial charge in [-0.1, -0.05) is 20.8 Å². The lowest BCUT2D eigenvalue weighted by atomic mass is 10.3. The first kappa shape index (κ1) is 16.2. The van der Waals surface area contributed by atoms with Crippen molar-refractivity contribution in [3.63, 3.8) is 0 Å². The number of carbonyl (C=O) groups is 1. The molecule has 0 aliphatic heterocycles. The first-order valence-corrected chi connectivity index (χ1v) is 7.77. The molecule has 1 rings (SSSR count). The minimum Gasteiger partial charge on any atom is -0.349 e. The van der Waals surface area contributed by atoms with Crippen molar-refractivity contribution >= 4 is 21.8 Å². The van der Waals surface area contributed by atoms with Gasteiger partial charge in [0.25, 0.3) is 5.91 Å². The zero-order chi connectivity index (χ0) is 14.3. The lowest BCUT2D eigenvalue weighted by Gasteiger charge is -2.18. The molecular formula is C14H24BrN3O. The molecule has 1 heterocycles. The van der Waals surface area contributed by atoms with Gasteiger partial charge < -0.3 is 14.8 Å². The Bertz CT molecular complexity index is 399. The molecule has 5 heteroatoms. The van der Waals surface area contributed by atoms with Gasteiger partial charge in [-0.05, 0) is 41.5 Å². The van der Waals surface area contributed by atoms with Gasteiger partial charge in [-0.3, -0.25) is 4.79 Å². The molecule has 0 aromatic carbocycles. The number of hydrogen-bond acceptors (Lipinski definition) is 2. The zero-order valence-corrected chi connectivity index (χ0v) is 13.7. The van der Waals surface area contributed by atoms with E-state index in [9.17, 15) is 4.79 Å². The standard InChI is InChI=1S/C14H24BrN3O/c1-4-8-18-11-12(15)10-13(18)14(19)16-7-9-17(5-2)6-3/h10-11H,4-9H2,1-3H3,(H,16,19). The average molecular weight is 330 g/mol. The molecule has 1 aromatic rings. The third-order valence-electron chi connectivity index (χ3n) is 3.17. The summed E-state index contributed by atoms with van der Waals surface area (Å²) in [4.78, 5) is 14.4. The van der Waals surface area contributed by atoms with Crippen LogP contribution in [0.2, 0.25) is 0 Å². The molecule has 1 amide bonds. The Morgan fingerprint density at radius 1 is 1.37 bits per heavy atom. The smallest absolute Gasteiger partial charge is 0.267 e. The number of carbonyl (C=O) groups excluding carboxylic acids is 1. The lowest BCUT2D eigenvalue weighted by Crippen LogP contribution is -2.35. The fourth-order valence-corrected chi connectivity index (χ4v) is 2.51. The maximum absolute atomic E-state index is 12.1. The molecule has 0 aliphatic carbocycles. The molecular weight excluding hydrogens is 306 g/mol. The van der Waals surface area contributed by atoms with Gasteiger partial charge in [0.05, 0.1) is 0 Å². The Morgan fingerprint density at radius 2 is 2.05 bits per heavy atom. The van der Waals surface area contributed by atoms with Crippen molar-refractivity contribution in [1.29, 1.82) is 0 Å². The van der Waals surface area contributed by atoms with Gasteiger partial charge >= 0.3 is 0 Å². The summed E-state index contributed by atoms with van der Waals surface area (Å²) in [6.07, 6.45) is 2.98. The van der Waals surface area contributed by atoms with Crippen molar-refractivity contribution in [2.24, 2.45) is 0 Å². The van der Waals surface area contributed by atoms with Crippen LogP contribution in [0.15, 0.2) is 16.7 Å². The number of nitrogens with zero attached hydrogens (tertiary/aromatic N) is 2. The highest BCUT2D eigenvalue weighted by Crippen LogP contribution is 2.15. The van der Waals surface area contributed by atoms with Crippen molar-refractivity contribution in [3.8, 4) is 0 Å². The molecule has 19 heavy (non-hydrogen) atoms. The van der Waals surface area contributed by atoms with E-state index in [1.807, 2.05) is 16.8 Å². The monoisotopic (exact) mass is 329 g/mol. The highest BCUT2D eigenvalue weighted by Gasteiger charge is 2.12. The van der Waals surface area contributed by atoms with Crippen LogP contribution < -0.4 is 5.32 Å². The summed E-state index contributed by atoms with van der Waals surface area (Å²) < 4.78 is 2.95. The van der Waals surface area contributed by atoms with E-state index in [1.54, 1.807) is 0 Å². The number of aromatic nitrogens is 1. The molecule has 0 fully saturated rings. The SMILES string of the molecule is CCCn1cc(Br)cc1C(=O)NCCN(CC)CC. The predicted octanol–water partition coefficient (Wildman–Crippen LogP) is 2.73. The Balaban J connectivity index is 2.53. The second-order valence-corrected chi connectivity index (χ2v) is 5.44. The average Bonchev–Trinajstić information content (AvgIpc) is 2.76. The van der Waals surface area contributed by atoms with Crippen LogP contribution in [0.3, 0.4) is 0 Å². The van der Waals surface area contributed by atoms with Crippen molar-refractivity contribution in [1.82, 2.24) is 14.8 Å². The van der Waals surface area contributed by atoms with Crippen LogP contribution in [0.1, 0.15) is 37.7 Å². The number of aryl methyl sites for hydroxylation is 1. The first-order chi connectivity index (χ1) is 9.12. The third kappa shape index (κ3) is 4.99. The fourth-order valence-electron chi connectivity index (χ4n) is 2.05. The number of halogens is 1. The highest BCUT2D eigenvalue weighted by atomic mass is 79.9. The van der Waals surface area contributed by atoms with Crippen LogP contribution in [-0.2, 0) is 6.54 Å². The topological polar surface area (TPSA) is 37.3 Å². The number of likely N-dealkylation sites (N-methyl/N-ethyl adjacent to an activating group) is 1. The summed E-state index contributed by atoms with van der Waals surface area (Å²) >= 11 is 3.43. The second kappa shape index (κ2) is 8.38. The van der Waals surface area contributed by atoms with E-state index in [-0.39, 0.29) is 5.91 Å². The Kier molecular flexibility index (Phi) is 7.16. The molecule has 1 aromatic heterocycles. The van der Waals surface area contributed by atoms with Crippen molar-refractivity contribution in [2.45, 2.75) is 33.7 Å². The van der Waals surface area contributed by atoms with E-state index in [4.69, 9.17) is 0 Å². The van der Waals surface area contributed by atoms with Crippen molar-refractivity contribution < 1.29 is 4.79 Å². The fraction of sp³-hybridized carbons (Fsp3) is 0.643. The van der Waals surface area contributed by atoms with Gasteiger partial charge in [0.1, 0.15) is 5.69 Å². The summed E-state index contributed by atoms with van der Waals surface area (Å²) in [6, 6.07) is 1.88. The van der Waals surface area contributed by atoms with Gasteiger partial charge in [0.2, 0.25) is 0 Å². The molecule has 4 nitrogen and oxygen atoms in total. The van der Waals surface area contributed by atoms with E-state index in [0.29, 0.717) is 6.54 Å². The normalized spacial score (nSPS) is 11.0. The zero-order valence-electron chi connectivity index (χ0n) is 12.1. The number of hydrogen-bond donors (Lipinski definition) is 1. The third-order valence-corrected chi connectivity index (χ3v) is 3.60. The van der Waals surface area contributed by atoms with Crippen molar-refractivity contribution in [2.75, 3.05) is 26.2 Å². The van der Waals surface area contributed by atoms with Gasteiger partial charge in [0, 0.05) is 30.3 Å². The van der Waals surface area contributed by atoms with Crippen LogP contribution in [0.5, 0.6) is 0 Å². The highest BCUT2D eigenvalue weighted by molar-refractivity contribution is 9.10. The molecule has 0 saturated carbocycles. The van der Waals surface area contributed by atoms with Gasteiger partial charge in [-0.15, -0.1) is 0 Å². The molecule has 1 N–H and O–H groups in total. The summed E-state index contributed by atoms with van der Waals surface area (Å²) in [5.41, 5.74) is 0.730. The van der Waals surface area contributed by atoms with E-state index < -0.39 is 0 Å². The van der Waals surface area contributed by atoms with Gasteiger partial charge in [0.15, 0.2) is 0 Å². The van der Waals surface area contributed by atoms with Crippen LogP contribution in [-0.4, -0.2) is 41.6 Å². The second-order valence-electron chi connectivity index (χ2n) is 4.52. The summed E-state index contributed by atoms with van der Waals surface area (Å²) in [5.74, 6) is 0.00584. The van der Waals surface area contributed by atoms with Gasteiger partial charge in [-0.2, -0.15) is 0 Å². The Labute approximate surface area is 124 Å². The lowest BCUT2D eigenvalue weighted by molar-refractivity contribution is 0.0939. The summed E-state index contributed by atoms with van der Waals surface area (Å²) in [7, 11) is 0. The van der Waals surface area contributed by atoms with Gasteiger partial charge in [-0.25, -0.2) is 0 Å². The first-order valence-electron chi connectivity index (χ1n) is 6.98. The largest absolute Gasteiger partial charge is 0.349 e. The predicted molar refractivity (Wildman–Crippen MR) is 82.5 cm³/mol. The maximum atomic E-state index is 12.1.